The van der Waals surface area contributed by atoms with Gasteiger partial charge < -0.3 is 15.5 Å². The Labute approximate surface area is 379 Å². The van der Waals surface area contributed by atoms with E-state index in [0.29, 0.717) is 6.42 Å². The molecule has 0 heterocycles. The van der Waals surface area contributed by atoms with Crippen LogP contribution in [0.25, 0.3) is 0 Å². The minimum atomic E-state index is -0.866. The molecule has 0 aromatic heterocycles. The van der Waals surface area contributed by atoms with Crippen molar-refractivity contribution in [1.29, 1.82) is 0 Å². The van der Waals surface area contributed by atoms with E-state index in [1.165, 1.54) is 148 Å². The molecular formula is C57H99NO3. The molecule has 4 heteroatoms. The molecule has 0 saturated carbocycles. The van der Waals surface area contributed by atoms with Crippen molar-refractivity contribution in [2.24, 2.45) is 0 Å². The van der Waals surface area contributed by atoms with E-state index in [2.05, 4.69) is 104 Å². The van der Waals surface area contributed by atoms with Gasteiger partial charge in [-0.2, -0.15) is 0 Å². The predicted octanol–water partition coefficient (Wildman–Crippen LogP) is 17.0. The van der Waals surface area contributed by atoms with Crippen LogP contribution >= 0.6 is 0 Å². The van der Waals surface area contributed by atoms with Crippen molar-refractivity contribution >= 4 is 5.91 Å². The fraction of sp³-hybridized carbons (Fsp3) is 0.702. The van der Waals surface area contributed by atoms with Crippen molar-refractivity contribution < 1.29 is 15.0 Å². The van der Waals surface area contributed by atoms with E-state index in [-0.39, 0.29) is 12.5 Å². The highest BCUT2D eigenvalue weighted by Crippen LogP contribution is 2.15. The van der Waals surface area contributed by atoms with Crippen molar-refractivity contribution in [3.8, 4) is 0 Å². The molecule has 0 spiro atoms. The fourth-order valence-electron chi connectivity index (χ4n) is 7.37. The van der Waals surface area contributed by atoms with E-state index in [1.807, 2.05) is 6.08 Å². The maximum absolute atomic E-state index is 12.4. The number of amides is 1. The maximum atomic E-state index is 12.4. The topological polar surface area (TPSA) is 69.6 Å². The molecule has 0 aromatic carbocycles. The van der Waals surface area contributed by atoms with E-state index >= 15 is 0 Å². The molecule has 3 N–H and O–H groups in total. The zero-order valence-electron chi connectivity index (χ0n) is 40.2. The summed E-state index contributed by atoms with van der Waals surface area (Å²) in [5.41, 5.74) is 0. The Morgan fingerprint density at radius 3 is 1.15 bits per heavy atom. The smallest absolute Gasteiger partial charge is 0.220 e. The van der Waals surface area contributed by atoms with Gasteiger partial charge in [0.05, 0.1) is 18.8 Å². The number of rotatable bonds is 46. The molecule has 0 fully saturated rings. The normalized spacial score (nSPS) is 13.7. The van der Waals surface area contributed by atoms with Gasteiger partial charge in [0.2, 0.25) is 5.91 Å². The van der Waals surface area contributed by atoms with Gasteiger partial charge in [0, 0.05) is 6.42 Å². The third-order valence-corrected chi connectivity index (χ3v) is 11.3. The molecule has 0 radical (unpaired) electrons. The van der Waals surface area contributed by atoms with Crippen LogP contribution in [0.15, 0.2) is 97.2 Å². The third-order valence-electron chi connectivity index (χ3n) is 11.3. The SMILES string of the molecule is CC/C=C\C/C=C\C/C=C\C/C=C\C/C=C\C/C=C\CCCCCCCCCCCCCCCCC(=O)NC(CO)C(O)/C=C/CC/C=C/CCCCCCCCCCCC. The summed E-state index contributed by atoms with van der Waals surface area (Å²) in [6.45, 7) is 4.18. The lowest BCUT2D eigenvalue weighted by Crippen LogP contribution is -2.45. The number of unbranched alkanes of at least 4 members (excludes halogenated alkanes) is 25. The first kappa shape index (κ1) is 58.3. The van der Waals surface area contributed by atoms with Crippen LogP contribution in [-0.2, 0) is 4.79 Å². The molecule has 61 heavy (non-hydrogen) atoms. The van der Waals surface area contributed by atoms with Crippen LogP contribution in [0.1, 0.15) is 239 Å². The van der Waals surface area contributed by atoms with Gasteiger partial charge in [-0.25, -0.2) is 0 Å². The van der Waals surface area contributed by atoms with Gasteiger partial charge >= 0.3 is 0 Å². The summed E-state index contributed by atoms with van der Waals surface area (Å²) < 4.78 is 0. The van der Waals surface area contributed by atoms with E-state index in [1.54, 1.807) is 6.08 Å². The number of hydrogen-bond acceptors (Lipinski definition) is 3. The van der Waals surface area contributed by atoms with Crippen molar-refractivity contribution in [2.45, 2.75) is 251 Å². The lowest BCUT2D eigenvalue weighted by molar-refractivity contribution is -0.123. The molecule has 0 rings (SSSR count). The largest absolute Gasteiger partial charge is 0.394 e. The Morgan fingerprint density at radius 1 is 0.410 bits per heavy atom. The van der Waals surface area contributed by atoms with Gasteiger partial charge in [-0.15, -0.1) is 0 Å². The highest BCUT2D eigenvalue weighted by molar-refractivity contribution is 5.76. The zero-order valence-corrected chi connectivity index (χ0v) is 40.2. The standard InChI is InChI=1S/C57H99NO3/c1-3-5-7-9-11-13-15-17-19-21-22-23-24-25-26-27-28-29-30-31-32-33-34-35-36-37-39-41-43-45-47-49-51-53-57(61)58-55(54-59)56(60)52-50-48-46-44-42-40-38-20-18-16-14-12-10-8-6-4-2/h5,7,11,13,17,19,22-23,25-26,28-29,42,44,50,52,55-56,59-60H,3-4,6,8-10,12,14-16,18,20-21,24,27,30-41,43,45-49,51,53-54H2,1-2H3,(H,58,61)/b7-5-,13-11-,19-17-,23-22-,26-25-,29-28-,44-42+,52-50+. The molecule has 0 saturated heterocycles. The van der Waals surface area contributed by atoms with Crippen LogP contribution in [-0.4, -0.2) is 34.9 Å². The first-order valence-corrected chi connectivity index (χ1v) is 26.0. The van der Waals surface area contributed by atoms with Crippen molar-refractivity contribution in [2.75, 3.05) is 6.61 Å². The number of carbonyl (C=O) groups excluding carboxylic acids is 1. The van der Waals surface area contributed by atoms with Gasteiger partial charge in [-0.1, -0.05) is 246 Å². The van der Waals surface area contributed by atoms with E-state index < -0.39 is 12.1 Å². The van der Waals surface area contributed by atoms with Gasteiger partial charge in [-0.05, 0) is 83.5 Å². The van der Waals surface area contributed by atoms with Crippen molar-refractivity contribution in [3.63, 3.8) is 0 Å². The first-order chi connectivity index (χ1) is 30.2. The average Bonchev–Trinajstić information content (AvgIpc) is 3.26. The summed E-state index contributed by atoms with van der Waals surface area (Å²) in [6.07, 6.45) is 76.9. The minimum absolute atomic E-state index is 0.0775. The van der Waals surface area contributed by atoms with E-state index in [0.717, 1.165) is 70.6 Å². The first-order valence-electron chi connectivity index (χ1n) is 26.0. The molecular weight excluding hydrogens is 747 g/mol. The second-order valence-electron chi connectivity index (χ2n) is 17.2. The van der Waals surface area contributed by atoms with Gasteiger partial charge in [0.1, 0.15) is 0 Å². The van der Waals surface area contributed by atoms with E-state index in [9.17, 15) is 15.0 Å². The van der Waals surface area contributed by atoms with Crippen molar-refractivity contribution in [3.05, 3.63) is 97.2 Å². The number of carbonyl (C=O) groups is 1. The van der Waals surface area contributed by atoms with Crippen LogP contribution < -0.4 is 5.32 Å². The van der Waals surface area contributed by atoms with Crippen LogP contribution in [0.2, 0.25) is 0 Å². The fourth-order valence-corrected chi connectivity index (χ4v) is 7.37. The molecule has 0 aliphatic carbocycles. The Hall–Kier alpha value is -2.69. The average molecular weight is 846 g/mol. The second kappa shape index (κ2) is 51.7. The lowest BCUT2D eigenvalue weighted by Gasteiger charge is -2.19. The lowest BCUT2D eigenvalue weighted by atomic mass is 10.0. The molecule has 0 aliphatic heterocycles. The van der Waals surface area contributed by atoms with Crippen LogP contribution in [0.5, 0.6) is 0 Å². The van der Waals surface area contributed by atoms with Crippen molar-refractivity contribution in [1.82, 2.24) is 5.32 Å². The molecule has 0 bridgehead atoms. The summed E-state index contributed by atoms with van der Waals surface area (Å²) in [7, 11) is 0. The molecule has 0 aliphatic rings. The van der Waals surface area contributed by atoms with Crippen LogP contribution in [0, 0.1) is 0 Å². The van der Waals surface area contributed by atoms with Gasteiger partial charge in [0.15, 0.2) is 0 Å². The summed E-state index contributed by atoms with van der Waals surface area (Å²) in [4.78, 5) is 12.4. The molecule has 0 aromatic rings. The second-order valence-corrected chi connectivity index (χ2v) is 17.2. The Bertz CT molecular complexity index is 1140. The number of nitrogens with one attached hydrogen (secondary N) is 1. The third kappa shape index (κ3) is 48.2. The monoisotopic (exact) mass is 846 g/mol. The molecule has 2 unspecified atom stereocenters. The molecule has 1 amide bonds. The highest BCUT2D eigenvalue weighted by Gasteiger charge is 2.17. The summed E-state index contributed by atoms with van der Waals surface area (Å²) in [5, 5.41) is 23.1. The molecule has 350 valence electrons. The Morgan fingerprint density at radius 2 is 0.738 bits per heavy atom. The minimum Gasteiger partial charge on any atom is -0.394 e. The Balaban J connectivity index is 3.56. The molecule has 4 nitrogen and oxygen atoms in total. The van der Waals surface area contributed by atoms with Crippen LogP contribution in [0.3, 0.4) is 0 Å². The number of allylic oxidation sites excluding steroid dienone is 15. The van der Waals surface area contributed by atoms with Gasteiger partial charge in [-0.3, -0.25) is 4.79 Å². The number of aliphatic hydroxyl groups is 2. The summed E-state index contributed by atoms with van der Waals surface area (Å²) >= 11 is 0. The highest BCUT2D eigenvalue weighted by atomic mass is 16.3. The number of aliphatic hydroxyl groups excluding tert-OH is 2. The zero-order chi connectivity index (χ0) is 44.2. The summed E-state index contributed by atoms with van der Waals surface area (Å²) in [5.74, 6) is -0.0775. The van der Waals surface area contributed by atoms with E-state index in [4.69, 9.17) is 0 Å². The molecule has 2 atom stereocenters. The maximum Gasteiger partial charge on any atom is 0.220 e. The van der Waals surface area contributed by atoms with Crippen LogP contribution in [0.4, 0.5) is 0 Å². The Kier molecular flexibility index (Phi) is 49.4. The number of hydrogen-bond donors (Lipinski definition) is 3. The quantitative estimate of drug-likeness (QED) is 0.0422. The predicted molar refractivity (Wildman–Crippen MR) is 271 cm³/mol. The summed E-state index contributed by atoms with van der Waals surface area (Å²) in [6, 6.07) is -0.644. The van der Waals surface area contributed by atoms with Gasteiger partial charge in [0.25, 0.3) is 0 Å².